The van der Waals surface area contributed by atoms with Gasteiger partial charge in [-0.3, -0.25) is 9.59 Å². The summed E-state index contributed by atoms with van der Waals surface area (Å²) in [4.78, 5) is 42.2. The third-order valence-corrected chi connectivity index (χ3v) is 8.39. The number of fused-ring (bicyclic) bond motifs is 8. The second-order valence-electron chi connectivity index (χ2n) is 10.9. The summed E-state index contributed by atoms with van der Waals surface area (Å²) in [7, 11) is 4.47. The highest BCUT2D eigenvalue weighted by atomic mass is 16.7. The number of carbonyl (C=O) groups is 3. The highest BCUT2D eigenvalue weighted by Crippen LogP contribution is 2.54. The van der Waals surface area contributed by atoms with Crippen LogP contribution in [0.4, 0.5) is 0 Å². The zero-order valence-corrected chi connectivity index (χ0v) is 22.7. The average Bonchev–Trinajstić information content (AvgIpc) is 2.89. The molecule has 2 heterocycles. The lowest BCUT2D eigenvalue weighted by Gasteiger charge is -2.53. The first kappa shape index (κ1) is 27.0. The number of ether oxygens (including phenoxy) is 3. The van der Waals surface area contributed by atoms with E-state index in [4.69, 9.17) is 14.2 Å². The Morgan fingerprint density at radius 2 is 1.68 bits per heavy atom. The van der Waals surface area contributed by atoms with Gasteiger partial charge in [-0.2, -0.15) is 0 Å². The zero-order chi connectivity index (χ0) is 29.9. The number of aromatic hydroxyl groups is 3. The highest BCUT2D eigenvalue weighted by molar-refractivity contribution is 6.33. The Bertz CT molecular complexity index is 1730. The number of aliphatic hydroxyl groups is 2. The van der Waals surface area contributed by atoms with Crippen molar-refractivity contribution in [3.8, 4) is 23.0 Å². The molecule has 0 aromatic heterocycles. The fourth-order valence-electron chi connectivity index (χ4n) is 6.39. The number of hydrogen-bond acceptors (Lipinski definition) is 12. The first-order valence-electron chi connectivity index (χ1n) is 12.7. The Kier molecular flexibility index (Phi) is 5.68. The van der Waals surface area contributed by atoms with Crippen LogP contribution in [0.5, 0.6) is 23.0 Å². The molecule has 1 aliphatic carbocycles. The molecular weight excluding hydrogens is 538 g/mol. The molecule has 0 saturated carbocycles. The van der Waals surface area contributed by atoms with Gasteiger partial charge in [0.1, 0.15) is 40.8 Å². The Balaban J connectivity index is 1.65. The van der Waals surface area contributed by atoms with Gasteiger partial charge in [0.15, 0.2) is 5.78 Å². The minimum absolute atomic E-state index is 0.0306. The van der Waals surface area contributed by atoms with E-state index in [1.807, 2.05) is 0 Å². The van der Waals surface area contributed by atoms with Crippen molar-refractivity contribution in [1.29, 1.82) is 0 Å². The van der Waals surface area contributed by atoms with E-state index in [-0.39, 0.29) is 38.8 Å². The Morgan fingerprint density at radius 1 is 1.00 bits per heavy atom. The molecule has 214 valence electrons. The van der Waals surface area contributed by atoms with Crippen molar-refractivity contribution in [3.63, 3.8) is 0 Å². The molecule has 41 heavy (non-hydrogen) atoms. The Hall–Kier alpha value is -4.23. The molecule has 3 aromatic carbocycles. The molecule has 5 N–H and O–H groups in total. The van der Waals surface area contributed by atoms with E-state index in [0.29, 0.717) is 5.56 Å². The molecular formula is C29H27NO11. The van der Waals surface area contributed by atoms with Crippen LogP contribution in [0.1, 0.15) is 60.3 Å². The van der Waals surface area contributed by atoms with Gasteiger partial charge in [0.2, 0.25) is 12.1 Å². The maximum Gasteiger partial charge on any atom is 0.338 e. The van der Waals surface area contributed by atoms with Crippen LogP contribution in [-0.2, 0) is 15.1 Å². The monoisotopic (exact) mass is 565 g/mol. The second-order valence-corrected chi connectivity index (χ2v) is 10.9. The maximum atomic E-state index is 14.1. The first-order chi connectivity index (χ1) is 19.2. The van der Waals surface area contributed by atoms with Gasteiger partial charge in [0, 0.05) is 16.5 Å². The van der Waals surface area contributed by atoms with E-state index in [1.54, 1.807) is 19.0 Å². The van der Waals surface area contributed by atoms with Crippen LogP contribution in [-0.4, -0.2) is 93.7 Å². The smallest absolute Gasteiger partial charge is 0.338 e. The van der Waals surface area contributed by atoms with Crippen LogP contribution in [0.3, 0.4) is 0 Å². The quantitative estimate of drug-likeness (QED) is 0.221. The molecule has 12 heteroatoms. The summed E-state index contributed by atoms with van der Waals surface area (Å²) in [6.07, 6.45) is -4.03. The van der Waals surface area contributed by atoms with E-state index < -0.39 is 76.1 Å². The molecule has 3 aromatic rings. The Labute approximate surface area is 232 Å². The van der Waals surface area contributed by atoms with Crippen LogP contribution >= 0.6 is 0 Å². The molecule has 0 radical (unpaired) electrons. The molecule has 1 saturated heterocycles. The fraction of sp³-hybridized carbons (Fsp3) is 0.345. The summed E-state index contributed by atoms with van der Waals surface area (Å²) in [5, 5.41) is 54.9. The molecule has 0 amide bonds. The van der Waals surface area contributed by atoms with E-state index in [2.05, 4.69) is 0 Å². The molecule has 0 unspecified atom stereocenters. The van der Waals surface area contributed by atoms with E-state index in [9.17, 15) is 39.9 Å². The number of likely N-dealkylation sites (N-methyl/N-ethyl adjacent to an activating group) is 1. The summed E-state index contributed by atoms with van der Waals surface area (Å²) in [6.45, 7) is 3.06. The summed E-state index contributed by atoms with van der Waals surface area (Å²) in [6, 6.07) is 2.75. The minimum atomic E-state index is -1.56. The van der Waals surface area contributed by atoms with Gasteiger partial charge in [0.25, 0.3) is 0 Å². The summed E-state index contributed by atoms with van der Waals surface area (Å²) >= 11 is 0. The molecule has 6 rings (SSSR count). The highest BCUT2D eigenvalue weighted by Gasteiger charge is 2.59. The SMILES string of the molecule is COC(=O)c1c(C)cc(O)c2c(O)c3c(cc12)C(=O)c1c2c(cc(O)c1C3=O)[C@@]1(C)O[C@H](O2)[C@@H](O)[C@@H](N(C)C)[C@H]1O. The van der Waals surface area contributed by atoms with Crippen molar-refractivity contribution < 1.29 is 54.1 Å². The van der Waals surface area contributed by atoms with Crippen molar-refractivity contribution in [1.82, 2.24) is 4.90 Å². The molecule has 12 nitrogen and oxygen atoms in total. The first-order valence-corrected chi connectivity index (χ1v) is 12.7. The number of methoxy groups -OCH3 is 1. The number of carbonyl (C=O) groups excluding carboxylic acids is 3. The molecule has 2 aliphatic heterocycles. The van der Waals surface area contributed by atoms with Gasteiger partial charge >= 0.3 is 5.97 Å². The number of benzene rings is 3. The number of rotatable bonds is 2. The number of ketones is 2. The van der Waals surface area contributed by atoms with E-state index in [1.165, 1.54) is 26.0 Å². The number of aliphatic hydroxyl groups excluding tert-OH is 2. The van der Waals surface area contributed by atoms with Crippen molar-refractivity contribution in [2.45, 2.75) is 44.0 Å². The predicted molar refractivity (Wildman–Crippen MR) is 141 cm³/mol. The molecule has 5 atom stereocenters. The van der Waals surface area contributed by atoms with E-state index >= 15 is 0 Å². The fourth-order valence-corrected chi connectivity index (χ4v) is 6.39. The van der Waals surface area contributed by atoms with Gasteiger partial charge in [-0.1, -0.05) is 0 Å². The van der Waals surface area contributed by atoms with Crippen LogP contribution in [0.25, 0.3) is 10.8 Å². The lowest BCUT2D eigenvalue weighted by molar-refractivity contribution is -0.311. The number of nitrogens with zero attached hydrogens (tertiary/aromatic N) is 1. The van der Waals surface area contributed by atoms with Gasteiger partial charge in [-0.25, -0.2) is 4.79 Å². The van der Waals surface area contributed by atoms with Gasteiger partial charge in [-0.05, 0) is 51.7 Å². The number of hydrogen-bond donors (Lipinski definition) is 5. The molecule has 2 bridgehead atoms. The number of phenolic OH excluding ortho intramolecular Hbond substituents is 3. The maximum absolute atomic E-state index is 14.1. The Morgan fingerprint density at radius 3 is 2.32 bits per heavy atom. The number of esters is 1. The minimum Gasteiger partial charge on any atom is -0.507 e. The van der Waals surface area contributed by atoms with Gasteiger partial charge in [0.05, 0.1) is 40.8 Å². The molecule has 1 fully saturated rings. The zero-order valence-electron chi connectivity index (χ0n) is 22.7. The van der Waals surface area contributed by atoms with Crippen LogP contribution in [0, 0.1) is 6.92 Å². The van der Waals surface area contributed by atoms with Crippen molar-refractivity contribution in [2.75, 3.05) is 21.2 Å². The van der Waals surface area contributed by atoms with Crippen LogP contribution < -0.4 is 4.74 Å². The average molecular weight is 566 g/mol. The number of aryl methyl sites for hydroxylation is 1. The van der Waals surface area contributed by atoms with Gasteiger partial charge in [-0.15, -0.1) is 0 Å². The predicted octanol–water partition coefficient (Wildman–Crippen LogP) is 1.44. The molecule has 3 aliphatic rings. The molecule has 0 spiro atoms. The lowest BCUT2D eigenvalue weighted by Crippen LogP contribution is -2.68. The van der Waals surface area contributed by atoms with E-state index in [0.717, 1.165) is 13.2 Å². The summed E-state index contributed by atoms with van der Waals surface area (Å²) in [5.41, 5.74) is -2.83. The summed E-state index contributed by atoms with van der Waals surface area (Å²) in [5.74, 6) is -4.57. The van der Waals surface area contributed by atoms with Gasteiger partial charge < -0.3 is 44.6 Å². The normalized spacial score (nSPS) is 26.3. The van der Waals surface area contributed by atoms with Crippen molar-refractivity contribution in [2.24, 2.45) is 0 Å². The summed E-state index contributed by atoms with van der Waals surface area (Å²) < 4.78 is 16.7. The van der Waals surface area contributed by atoms with Crippen LogP contribution in [0.2, 0.25) is 0 Å². The lowest BCUT2D eigenvalue weighted by atomic mass is 9.74. The third kappa shape index (κ3) is 3.32. The third-order valence-electron chi connectivity index (χ3n) is 8.39. The van der Waals surface area contributed by atoms with Crippen molar-refractivity contribution >= 4 is 28.3 Å². The largest absolute Gasteiger partial charge is 0.507 e. The van der Waals surface area contributed by atoms with Crippen LogP contribution in [0.15, 0.2) is 18.2 Å². The topological polar surface area (TPSA) is 183 Å². The van der Waals surface area contributed by atoms with Crippen molar-refractivity contribution in [3.05, 3.63) is 57.1 Å². The number of phenols is 3. The standard InChI is InChI=1S/C29H27NO11/c1-9-6-13(31)16-10(15(9)27(38)39-5)7-11-17(22(16)34)23(35)18-14(32)8-12-25(19(18)21(11)33)40-28-24(36)20(30(3)4)26(37)29(12,2)41-28/h6-8,20,24,26,28,31-32,34,36-37H,1-5H3/t20-,24+,26-,28+,29-/m1/s1. The second kappa shape index (κ2) is 8.63.